The van der Waals surface area contributed by atoms with E-state index in [2.05, 4.69) is 25.4 Å². The van der Waals surface area contributed by atoms with Crippen molar-refractivity contribution in [2.75, 3.05) is 23.3 Å². The van der Waals surface area contributed by atoms with Gasteiger partial charge in [-0.1, -0.05) is 12.1 Å². The van der Waals surface area contributed by atoms with E-state index < -0.39 is 0 Å². The maximum Gasteiger partial charge on any atom is 0.247 e. The fourth-order valence-electron chi connectivity index (χ4n) is 2.11. The highest BCUT2D eigenvalue weighted by Gasteiger charge is 2.15. The third kappa shape index (κ3) is 2.62. The summed E-state index contributed by atoms with van der Waals surface area (Å²) < 4.78 is 13.5. The second-order valence-electron chi connectivity index (χ2n) is 4.44. The number of anilines is 3. The standard InChI is InChI=1S/C13H14FN5/c14-10-5-1-2-6-11(10)16-12-9-15-18-13(17-12)19-7-3-4-8-19/h1-2,5-6,9H,3-4,7-8H2,(H,16,17,18). The lowest BCUT2D eigenvalue weighted by Crippen LogP contribution is -2.21. The first-order valence-corrected chi connectivity index (χ1v) is 6.29. The largest absolute Gasteiger partial charge is 0.339 e. The monoisotopic (exact) mass is 259 g/mol. The average molecular weight is 259 g/mol. The lowest BCUT2D eigenvalue weighted by Gasteiger charge is -2.15. The molecule has 1 N–H and O–H groups in total. The van der Waals surface area contributed by atoms with Gasteiger partial charge < -0.3 is 10.2 Å². The molecular formula is C13H14FN5. The predicted octanol–water partition coefficient (Wildman–Crippen LogP) is 2.35. The molecule has 1 saturated heterocycles. The summed E-state index contributed by atoms with van der Waals surface area (Å²) in [6.45, 7) is 1.90. The molecule has 0 atom stereocenters. The molecule has 0 saturated carbocycles. The molecule has 1 fully saturated rings. The number of hydrogen-bond donors (Lipinski definition) is 1. The first kappa shape index (κ1) is 11.8. The van der Waals surface area contributed by atoms with Gasteiger partial charge in [-0.2, -0.15) is 10.1 Å². The number of rotatable bonds is 3. The molecule has 1 aromatic heterocycles. The number of benzene rings is 1. The van der Waals surface area contributed by atoms with Gasteiger partial charge in [0.1, 0.15) is 5.82 Å². The van der Waals surface area contributed by atoms with Crippen LogP contribution in [0.2, 0.25) is 0 Å². The zero-order valence-electron chi connectivity index (χ0n) is 10.4. The summed E-state index contributed by atoms with van der Waals surface area (Å²) in [6.07, 6.45) is 3.79. The van der Waals surface area contributed by atoms with Crippen molar-refractivity contribution < 1.29 is 4.39 Å². The van der Waals surface area contributed by atoms with Crippen molar-refractivity contribution in [3.05, 3.63) is 36.3 Å². The lowest BCUT2D eigenvalue weighted by molar-refractivity contribution is 0.631. The van der Waals surface area contributed by atoms with Crippen molar-refractivity contribution in [3.8, 4) is 0 Å². The minimum Gasteiger partial charge on any atom is -0.339 e. The SMILES string of the molecule is Fc1ccccc1Nc1cnnc(N2CCCC2)n1. The van der Waals surface area contributed by atoms with Crippen LogP contribution in [0.1, 0.15) is 12.8 Å². The van der Waals surface area contributed by atoms with E-state index in [0.29, 0.717) is 17.5 Å². The van der Waals surface area contributed by atoms with Crippen molar-refractivity contribution >= 4 is 17.5 Å². The van der Waals surface area contributed by atoms with E-state index in [4.69, 9.17) is 0 Å². The van der Waals surface area contributed by atoms with Crippen LogP contribution in [0.3, 0.4) is 0 Å². The number of hydrogen-bond acceptors (Lipinski definition) is 5. The zero-order valence-corrected chi connectivity index (χ0v) is 10.4. The molecule has 2 heterocycles. The van der Waals surface area contributed by atoms with Gasteiger partial charge in [0.05, 0.1) is 11.9 Å². The van der Waals surface area contributed by atoms with Gasteiger partial charge in [-0.25, -0.2) is 4.39 Å². The molecule has 1 aromatic carbocycles. The van der Waals surface area contributed by atoms with Gasteiger partial charge in [-0.3, -0.25) is 0 Å². The fourth-order valence-corrected chi connectivity index (χ4v) is 2.11. The van der Waals surface area contributed by atoms with E-state index in [1.807, 2.05) is 0 Å². The number of nitrogens with zero attached hydrogens (tertiary/aromatic N) is 4. The Morgan fingerprint density at radius 2 is 1.95 bits per heavy atom. The van der Waals surface area contributed by atoms with Crippen molar-refractivity contribution in [1.82, 2.24) is 15.2 Å². The highest BCUT2D eigenvalue weighted by Crippen LogP contribution is 2.20. The van der Waals surface area contributed by atoms with Gasteiger partial charge in [-0.15, -0.1) is 5.10 Å². The van der Waals surface area contributed by atoms with E-state index in [1.165, 1.54) is 12.3 Å². The molecule has 2 aromatic rings. The topological polar surface area (TPSA) is 53.9 Å². The maximum absolute atomic E-state index is 13.5. The Kier molecular flexibility index (Phi) is 3.22. The molecule has 0 bridgehead atoms. The average Bonchev–Trinajstić information content (AvgIpc) is 2.96. The molecule has 19 heavy (non-hydrogen) atoms. The Balaban J connectivity index is 1.81. The van der Waals surface area contributed by atoms with E-state index in [0.717, 1.165) is 25.9 Å². The molecular weight excluding hydrogens is 245 g/mol. The van der Waals surface area contributed by atoms with Crippen molar-refractivity contribution in [2.24, 2.45) is 0 Å². The van der Waals surface area contributed by atoms with E-state index in [1.54, 1.807) is 18.2 Å². The minimum absolute atomic E-state index is 0.316. The Morgan fingerprint density at radius 1 is 1.16 bits per heavy atom. The summed E-state index contributed by atoms with van der Waals surface area (Å²) in [4.78, 5) is 6.45. The Morgan fingerprint density at radius 3 is 2.74 bits per heavy atom. The van der Waals surface area contributed by atoms with Gasteiger partial charge in [0.15, 0.2) is 5.82 Å². The Labute approximate surface area is 110 Å². The van der Waals surface area contributed by atoms with Gasteiger partial charge in [-0.05, 0) is 25.0 Å². The number of aromatic nitrogens is 3. The van der Waals surface area contributed by atoms with Gasteiger partial charge in [0.2, 0.25) is 5.95 Å². The van der Waals surface area contributed by atoms with Crippen molar-refractivity contribution in [2.45, 2.75) is 12.8 Å². The normalized spacial score (nSPS) is 14.7. The van der Waals surface area contributed by atoms with Gasteiger partial charge in [0.25, 0.3) is 0 Å². The number of para-hydroxylation sites is 1. The summed E-state index contributed by atoms with van der Waals surface area (Å²) in [6, 6.07) is 6.47. The summed E-state index contributed by atoms with van der Waals surface area (Å²) in [7, 11) is 0. The first-order valence-electron chi connectivity index (χ1n) is 6.29. The van der Waals surface area contributed by atoms with Crippen LogP contribution in [0.25, 0.3) is 0 Å². The molecule has 0 aliphatic carbocycles. The summed E-state index contributed by atoms with van der Waals surface area (Å²) >= 11 is 0. The molecule has 0 amide bonds. The second kappa shape index (κ2) is 5.17. The Hall–Kier alpha value is -2.24. The molecule has 0 unspecified atom stereocenters. The van der Waals surface area contributed by atoms with Crippen LogP contribution in [-0.2, 0) is 0 Å². The van der Waals surface area contributed by atoms with Crippen LogP contribution < -0.4 is 10.2 Å². The molecule has 3 rings (SSSR count). The predicted molar refractivity (Wildman–Crippen MR) is 71.0 cm³/mol. The van der Waals surface area contributed by atoms with Gasteiger partial charge >= 0.3 is 0 Å². The fraction of sp³-hybridized carbons (Fsp3) is 0.308. The quantitative estimate of drug-likeness (QED) is 0.917. The number of nitrogens with one attached hydrogen (secondary N) is 1. The smallest absolute Gasteiger partial charge is 0.247 e. The Bertz CT molecular complexity index is 568. The van der Waals surface area contributed by atoms with E-state index in [-0.39, 0.29) is 5.82 Å². The molecule has 6 heteroatoms. The molecule has 1 aliphatic rings. The minimum atomic E-state index is -0.316. The number of halogens is 1. The van der Waals surface area contributed by atoms with Crippen LogP contribution in [0.4, 0.5) is 21.8 Å². The molecule has 5 nitrogen and oxygen atoms in total. The molecule has 1 aliphatic heterocycles. The van der Waals surface area contributed by atoms with Crippen LogP contribution >= 0.6 is 0 Å². The van der Waals surface area contributed by atoms with Crippen LogP contribution in [0, 0.1) is 5.82 Å². The first-order chi connectivity index (χ1) is 9.33. The van der Waals surface area contributed by atoms with Gasteiger partial charge in [0, 0.05) is 13.1 Å². The lowest BCUT2D eigenvalue weighted by atomic mass is 10.3. The van der Waals surface area contributed by atoms with Crippen LogP contribution in [0.5, 0.6) is 0 Å². The molecule has 0 radical (unpaired) electrons. The summed E-state index contributed by atoms with van der Waals surface area (Å²) in [5, 5.41) is 10.9. The van der Waals surface area contributed by atoms with E-state index in [9.17, 15) is 4.39 Å². The highest BCUT2D eigenvalue weighted by atomic mass is 19.1. The molecule has 0 spiro atoms. The second-order valence-corrected chi connectivity index (χ2v) is 4.44. The zero-order chi connectivity index (χ0) is 13.1. The van der Waals surface area contributed by atoms with Crippen LogP contribution in [-0.4, -0.2) is 28.3 Å². The summed E-state index contributed by atoms with van der Waals surface area (Å²) in [5.41, 5.74) is 0.385. The summed E-state index contributed by atoms with van der Waals surface area (Å²) in [5.74, 6) is 0.782. The van der Waals surface area contributed by atoms with Crippen molar-refractivity contribution in [3.63, 3.8) is 0 Å². The highest BCUT2D eigenvalue weighted by molar-refractivity contribution is 5.56. The van der Waals surface area contributed by atoms with E-state index >= 15 is 0 Å². The van der Waals surface area contributed by atoms with Crippen LogP contribution in [0.15, 0.2) is 30.5 Å². The maximum atomic E-state index is 13.5. The molecule has 98 valence electrons. The van der Waals surface area contributed by atoms with Crippen molar-refractivity contribution in [1.29, 1.82) is 0 Å². The third-order valence-corrected chi connectivity index (χ3v) is 3.07. The third-order valence-electron chi connectivity index (χ3n) is 3.07.